The number of nitrogens with one attached hydrogen (secondary N) is 3. The minimum atomic E-state index is -1.03. The summed E-state index contributed by atoms with van der Waals surface area (Å²) in [6.07, 6.45) is 0. The van der Waals surface area contributed by atoms with Gasteiger partial charge in [-0.3, -0.25) is 20.3 Å². The van der Waals surface area contributed by atoms with Crippen LogP contribution in [0.25, 0.3) is 0 Å². The first-order valence-electron chi connectivity index (χ1n) is 5.07. The lowest BCUT2D eigenvalue weighted by atomic mass is 9.91. The topological polar surface area (TPSA) is 96.3 Å². The van der Waals surface area contributed by atoms with E-state index in [4.69, 9.17) is 12.2 Å². The number of hydrogen-bond acceptors (Lipinski definition) is 5. The van der Waals surface area contributed by atoms with E-state index < -0.39 is 10.5 Å². The largest absolute Gasteiger partial charge is 0.300 e. The van der Waals surface area contributed by atoms with Crippen molar-refractivity contribution in [2.24, 2.45) is 0 Å². The van der Waals surface area contributed by atoms with Crippen LogP contribution in [0, 0.1) is 10.1 Å². The molecule has 0 unspecified atom stereocenters. The van der Waals surface area contributed by atoms with Gasteiger partial charge >= 0.3 is 0 Å². The number of benzene rings is 1. The van der Waals surface area contributed by atoms with Crippen molar-refractivity contribution in [1.29, 1.82) is 0 Å². The van der Waals surface area contributed by atoms with Crippen LogP contribution in [0.15, 0.2) is 24.3 Å². The molecule has 1 aromatic rings. The van der Waals surface area contributed by atoms with Crippen LogP contribution in [-0.2, 0) is 10.3 Å². The summed E-state index contributed by atoms with van der Waals surface area (Å²) in [4.78, 5) is 22.0. The Balaban J connectivity index is 2.32. The summed E-state index contributed by atoms with van der Waals surface area (Å²) in [6, 6.07) is 5.76. The van der Waals surface area contributed by atoms with Crippen molar-refractivity contribution in [3.63, 3.8) is 0 Å². The predicted octanol–water partition coefficient (Wildman–Crippen LogP) is 0.319. The normalized spacial score (nSPS) is 23.2. The zero-order valence-corrected chi connectivity index (χ0v) is 10.2. The lowest BCUT2D eigenvalue weighted by Crippen LogP contribution is -2.67. The molecule has 1 aliphatic heterocycles. The minimum absolute atomic E-state index is 0.0259. The number of carbonyl (C=O) groups is 1. The molecule has 3 N–H and O–H groups in total. The molecule has 2 rings (SSSR count). The average molecular weight is 266 g/mol. The van der Waals surface area contributed by atoms with E-state index in [1.54, 1.807) is 6.92 Å². The second-order valence-corrected chi connectivity index (χ2v) is 4.37. The van der Waals surface area contributed by atoms with Crippen LogP contribution in [0.4, 0.5) is 5.69 Å². The van der Waals surface area contributed by atoms with Gasteiger partial charge in [0.2, 0.25) is 0 Å². The molecule has 7 nitrogen and oxygen atoms in total. The predicted molar refractivity (Wildman–Crippen MR) is 67.5 cm³/mol. The molecular weight excluding hydrogens is 256 g/mol. The van der Waals surface area contributed by atoms with Crippen LogP contribution in [0.5, 0.6) is 0 Å². The highest BCUT2D eigenvalue weighted by atomic mass is 32.1. The quantitative estimate of drug-likeness (QED) is 0.405. The molecule has 0 aromatic heterocycles. The Kier molecular flexibility index (Phi) is 2.97. The summed E-state index contributed by atoms with van der Waals surface area (Å²) in [7, 11) is 0. The molecule has 8 heteroatoms. The number of hydrazine groups is 1. The highest BCUT2D eigenvalue weighted by Crippen LogP contribution is 2.24. The first kappa shape index (κ1) is 12.4. The molecular formula is C10H10N4O3S. The summed E-state index contributed by atoms with van der Waals surface area (Å²) in [6.45, 7) is 1.65. The highest BCUT2D eigenvalue weighted by molar-refractivity contribution is 7.80. The number of rotatable bonds is 2. The molecule has 0 aliphatic carbocycles. The molecule has 1 fully saturated rings. The number of carbonyl (C=O) groups excluding carboxylic acids is 1. The number of nitro groups is 1. The van der Waals surface area contributed by atoms with Gasteiger partial charge in [0.05, 0.1) is 4.92 Å². The molecule has 1 heterocycles. The van der Waals surface area contributed by atoms with Crippen LogP contribution in [0.1, 0.15) is 12.5 Å². The van der Waals surface area contributed by atoms with Crippen LogP contribution in [0.3, 0.4) is 0 Å². The van der Waals surface area contributed by atoms with Gasteiger partial charge in [0.1, 0.15) is 5.54 Å². The third kappa shape index (κ3) is 2.03. The number of nitrogens with zero attached hydrogens (tertiary/aromatic N) is 1. The van der Waals surface area contributed by atoms with Crippen molar-refractivity contribution in [1.82, 2.24) is 16.2 Å². The number of non-ortho nitro benzene ring substituents is 1. The third-order valence-electron chi connectivity index (χ3n) is 2.76. The average Bonchev–Trinajstić information content (AvgIpc) is 2.34. The molecule has 1 saturated heterocycles. The van der Waals surface area contributed by atoms with E-state index in [0.717, 1.165) is 0 Å². The lowest BCUT2D eigenvalue weighted by molar-refractivity contribution is -0.384. The van der Waals surface area contributed by atoms with Gasteiger partial charge in [-0.15, -0.1) is 0 Å². The summed E-state index contributed by atoms with van der Waals surface area (Å²) in [5, 5.41) is 13.2. The molecule has 1 atom stereocenters. The van der Waals surface area contributed by atoms with Gasteiger partial charge in [-0.25, -0.2) is 5.43 Å². The molecule has 0 bridgehead atoms. The monoisotopic (exact) mass is 266 g/mol. The Labute approximate surface area is 108 Å². The maximum atomic E-state index is 11.9. The molecule has 0 spiro atoms. The van der Waals surface area contributed by atoms with Crippen molar-refractivity contribution in [3.8, 4) is 0 Å². The Hall–Kier alpha value is -2.06. The van der Waals surface area contributed by atoms with Crippen LogP contribution in [0.2, 0.25) is 0 Å². The Morgan fingerprint density at radius 2 is 1.94 bits per heavy atom. The zero-order valence-electron chi connectivity index (χ0n) is 9.39. The van der Waals surface area contributed by atoms with Gasteiger partial charge in [0.25, 0.3) is 11.6 Å². The zero-order chi connectivity index (χ0) is 13.3. The van der Waals surface area contributed by atoms with E-state index in [2.05, 4.69) is 16.2 Å². The number of hydrogen-bond donors (Lipinski definition) is 3. The van der Waals surface area contributed by atoms with E-state index >= 15 is 0 Å². The van der Waals surface area contributed by atoms with Gasteiger partial charge in [0.15, 0.2) is 5.11 Å². The fourth-order valence-electron chi connectivity index (χ4n) is 1.62. The van der Waals surface area contributed by atoms with Crippen molar-refractivity contribution in [2.45, 2.75) is 12.5 Å². The molecule has 1 aliphatic rings. The molecule has 1 aromatic carbocycles. The molecule has 18 heavy (non-hydrogen) atoms. The first-order valence-corrected chi connectivity index (χ1v) is 5.48. The van der Waals surface area contributed by atoms with Gasteiger partial charge < -0.3 is 5.32 Å². The SMILES string of the molecule is C[C@]1(c2ccc([N+](=O)[O-])cc2)NNC(=S)NC1=O. The van der Waals surface area contributed by atoms with E-state index in [-0.39, 0.29) is 16.7 Å². The van der Waals surface area contributed by atoms with Crippen molar-refractivity contribution < 1.29 is 9.72 Å². The van der Waals surface area contributed by atoms with Crippen LogP contribution >= 0.6 is 12.2 Å². The van der Waals surface area contributed by atoms with Gasteiger partial charge in [0, 0.05) is 12.1 Å². The van der Waals surface area contributed by atoms with Gasteiger partial charge in [-0.2, -0.15) is 0 Å². The number of amides is 1. The van der Waals surface area contributed by atoms with Crippen molar-refractivity contribution >= 4 is 28.9 Å². The van der Waals surface area contributed by atoms with E-state index in [9.17, 15) is 14.9 Å². The number of nitro benzene ring substituents is 1. The van der Waals surface area contributed by atoms with E-state index in [0.29, 0.717) is 5.56 Å². The minimum Gasteiger partial charge on any atom is -0.300 e. The molecule has 0 saturated carbocycles. The smallest absolute Gasteiger partial charge is 0.269 e. The third-order valence-corrected chi connectivity index (χ3v) is 2.97. The molecule has 94 valence electrons. The molecule has 0 radical (unpaired) electrons. The fraction of sp³-hybridized carbons (Fsp3) is 0.200. The summed E-state index contributed by atoms with van der Waals surface area (Å²) in [5.74, 6) is -0.319. The Bertz CT molecular complexity index is 530. The first-order chi connectivity index (χ1) is 8.43. The second kappa shape index (κ2) is 4.31. The van der Waals surface area contributed by atoms with E-state index in [1.165, 1.54) is 24.3 Å². The second-order valence-electron chi connectivity index (χ2n) is 3.96. The summed E-state index contributed by atoms with van der Waals surface area (Å²) >= 11 is 4.80. The van der Waals surface area contributed by atoms with Gasteiger partial charge in [-0.1, -0.05) is 0 Å². The van der Waals surface area contributed by atoms with Crippen LogP contribution in [-0.4, -0.2) is 15.9 Å². The Morgan fingerprint density at radius 3 is 2.44 bits per heavy atom. The maximum Gasteiger partial charge on any atom is 0.269 e. The fourth-order valence-corrected chi connectivity index (χ4v) is 1.76. The standard InChI is InChI=1S/C10H10N4O3S/c1-10(8(15)11-9(18)12-13-10)6-2-4-7(5-3-6)14(16)17/h2-5,13H,1H3,(H2,11,12,15,18)/t10-/m1/s1. The summed E-state index contributed by atoms with van der Waals surface area (Å²) < 4.78 is 0. The molecule has 1 amide bonds. The Morgan fingerprint density at radius 1 is 1.33 bits per heavy atom. The van der Waals surface area contributed by atoms with E-state index in [1.807, 2.05) is 0 Å². The van der Waals surface area contributed by atoms with Crippen molar-refractivity contribution in [2.75, 3.05) is 0 Å². The van der Waals surface area contributed by atoms with Gasteiger partial charge in [-0.05, 0) is 36.8 Å². The lowest BCUT2D eigenvalue weighted by Gasteiger charge is -2.34. The summed E-state index contributed by atoms with van der Waals surface area (Å²) in [5.41, 5.74) is 4.98. The highest BCUT2D eigenvalue weighted by Gasteiger charge is 2.39. The van der Waals surface area contributed by atoms with Crippen LogP contribution < -0.4 is 16.2 Å². The number of thiocarbonyl (C=S) groups is 1. The maximum absolute atomic E-state index is 11.9. The van der Waals surface area contributed by atoms with Crippen molar-refractivity contribution in [3.05, 3.63) is 39.9 Å².